The molecule has 1 aliphatic carbocycles. The van der Waals surface area contributed by atoms with E-state index in [4.69, 9.17) is 14.2 Å². The highest BCUT2D eigenvalue weighted by molar-refractivity contribution is 5.75. The van der Waals surface area contributed by atoms with E-state index >= 15 is 0 Å². The van der Waals surface area contributed by atoms with Crippen LogP contribution in [0.5, 0.6) is 0 Å². The summed E-state index contributed by atoms with van der Waals surface area (Å²) < 4.78 is 14.8. The quantitative estimate of drug-likeness (QED) is 0.567. The summed E-state index contributed by atoms with van der Waals surface area (Å²) in [4.78, 5) is 23.0. The third-order valence-electron chi connectivity index (χ3n) is 3.62. The van der Waals surface area contributed by atoms with Gasteiger partial charge in [-0.1, -0.05) is 13.3 Å². The van der Waals surface area contributed by atoms with Gasteiger partial charge in [-0.2, -0.15) is 0 Å². The Labute approximate surface area is 114 Å². The van der Waals surface area contributed by atoms with E-state index in [1.165, 1.54) is 6.42 Å². The predicted molar refractivity (Wildman–Crippen MR) is 69.5 cm³/mol. The first-order valence-corrected chi connectivity index (χ1v) is 6.96. The Balaban J connectivity index is 2.18. The Hall–Kier alpha value is -1.26. The maximum absolute atomic E-state index is 11.6. The lowest BCUT2D eigenvalue weighted by atomic mass is 9.91. The fraction of sp³-hybridized carbons (Fsp3) is 0.857. The van der Waals surface area contributed by atoms with Gasteiger partial charge in [-0.3, -0.25) is 4.79 Å². The van der Waals surface area contributed by atoms with Gasteiger partial charge >= 0.3 is 12.1 Å². The van der Waals surface area contributed by atoms with E-state index in [0.29, 0.717) is 6.42 Å². The average molecular weight is 272 g/mol. The minimum Gasteiger partial charge on any atom is -0.431 e. The summed E-state index contributed by atoms with van der Waals surface area (Å²) in [7, 11) is 0. The maximum Gasteiger partial charge on any atom is 0.511 e. The largest absolute Gasteiger partial charge is 0.511 e. The van der Waals surface area contributed by atoms with Gasteiger partial charge < -0.3 is 14.2 Å². The Morgan fingerprint density at radius 2 is 1.74 bits per heavy atom. The molecule has 1 rings (SSSR count). The Morgan fingerprint density at radius 1 is 1.11 bits per heavy atom. The Bertz CT molecular complexity index is 305. The van der Waals surface area contributed by atoms with Crippen molar-refractivity contribution in [3.63, 3.8) is 0 Å². The van der Waals surface area contributed by atoms with Gasteiger partial charge in [-0.15, -0.1) is 0 Å². The third kappa shape index (κ3) is 5.49. The van der Waals surface area contributed by atoms with Gasteiger partial charge in [0.05, 0.1) is 5.41 Å². The maximum atomic E-state index is 11.6. The van der Waals surface area contributed by atoms with Crippen LogP contribution >= 0.6 is 0 Å². The van der Waals surface area contributed by atoms with Gasteiger partial charge in [0, 0.05) is 0 Å². The number of esters is 1. The molecule has 0 atom stereocenters. The Morgan fingerprint density at radius 3 is 2.32 bits per heavy atom. The molecule has 0 bridgehead atoms. The smallest absolute Gasteiger partial charge is 0.431 e. The van der Waals surface area contributed by atoms with Gasteiger partial charge in [0.25, 0.3) is 0 Å². The molecule has 0 heterocycles. The summed E-state index contributed by atoms with van der Waals surface area (Å²) in [5.41, 5.74) is -0.559. The van der Waals surface area contributed by atoms with Gasteiger partial charge in [0.1, 0.15) is 6.10 Å². The van der Waals surface area contributed by atoms with Crippen LogP contribution in [0.1, 0.15) is 59.3 Å². The van der Waals surface area contributed by atoms with E-state index in [2.05, 4.69) is 0 Å². The third-order valence-corrected chi connectivity index (χ3v) is 3.62. The molecule has 0 spiro atoms. The molecule has 0 radical (unpaired) electrons. The molecule has 0 aliphatic heterocycles. The molecule has 1 saturated carbocycles. The van der Waals surface area contributed by atoms with Crippen LogP contribution in [0.3, 0.4) is 0 Å². The molecule has 0 saturated heterocycles. The SMILES string of the molecule is CCC(C)(C)C(=O)OCOC(=O)OC1CCCCC1. The van der Waals surface area contributed by atoms with Gasteiger partial charge in [-0.25, -0.2) is 4.79 Å². The predicted octanol–water partition coefficient (Wildman–Crippen LogP) is 3.41. The highest BCUT2D eigenvalue weighted by Crippen LogP contribution is 2.22. The second-order valence-electron chi connectivity index (χ2n) is 5.56. The zero-order chi connectivity index (χ0) is 14.3. The first-order valence-electron chi connectivity index (χ1n) is 6.96. The summed E-state index contributed by atoms with van der Waals surface area (Å²) in [6.07, 6.45) is 4.99. The molecule has 19 heavy (non-hydrogen) atoms. The van der Waals surface area contributed by atoms with E-state index in [-0.39, 0.29) is 18.9 Å². The zero-order valence-electron chi connectivity index (χ0n) is 12.1. The van der Waals surface area contributed by atoms with Crippen LogP contribution < -0.4 is 0 Å². The van der Waals surface area contributed by atoms with Crippen molar-refractivity contribution in [3.8, 4) is 0 Å². The number of carbonyl (C=O) groups is 2. The van der Waals surface area contributed by atoms with Crippen LogP contribution in [0.15, 0.2) is 0 Å². The first-order chi connectivity index (χ1) is 8.95. The molecule has 1 aliphatic rings. The van der Waals surface area contributed by atoms with E-state index in [1.54, 1.807) is 13.8 Å². The van der Waals surface area contributed by atoms with Crippen LogP contribution in [0, 0.1) is 5.41 Å². The van der Waals surface area contributed by atoms with Crippen molar-refractivity contribution >= 4 is 12.1 Å². The van der Waals surface area contributed by atoms with Crippen LogP contribution in [0.4, 0.5) is 4.79 Å². The molecule has 0 N–H and O–H groups in total. The summed E-state index contributed by atoms with van der Waals surface area (Å²) in [6, 6.07) is 0. The van der Waals surface area contributed by atoms with Gasteiger partial charge in [0.15, 0.2) is 0 Å². The molecule has 1 fully saturated rings. The van der Waals surface area contributed by atoms with Crippen LogP contribution in [0.2, 0.25) is 0 Å². The number of rotatable bonds is 5. The second-order valence-corrected chi connectivity index (χ2v) is 5.56. The van der Waals surface area contributed by atoms with E-state index in [9.17, 15) is 9.59 Å². The second kappa shape index (κ2) is 7.36. The molecule has 110 valence electrons. The summed E-state index contributed by atoms with van der Waals surface area (Å²) in [5.74, 6) is -0.375. The van der Waals surface area contributed by atoms with Crippen LogP contribution in [-0.2, 0) is 19.0 Å². The lowest BCUT2D eigenvalue weighted by Gasteiger charge is -2.22. The molecule has 5 heteroatoms. The molecular formula is C14H24O5. The molecular weight excluding hydrogens is 248 g/mol. The van der Waals surface area contributed by atoms with Crippen molar-refractivity contribution < 1.29 is 23.8 Å². The van der Waals surface area contributed by atoms with Crippen molar-refractivity contribution in [2.24, 2.45) is 5.41 Å². The van der Waals surface area contributed by atoms with E-state index in [1.807, 2.05) is 6.92 Å². The fourth-order valence-electron chi connectivity index (χ4n) is 1.82. The summed E-state index contributed by atoms with van der Waals surface area (Å²) in [5, 5.41) is 0. The van der Waals surface area contributed by atoms with Crippen molar-refractivity contribution in [1.29, 1.82) is 0 Å². The molecule has 0 aromatic carbocycles. The minimum atomic E-state index is -0.756. The zero-order valence-corrected chi connectivity index (χ0v) is 12.1. The number of hydrogen-bond donors (Lipinski definition) is 0. The molecule has 0 aromatic heterocycles. The highest BCUT2D eigenvalue weighted by Gasteiger charge is 2.27. The monoisotopic (exact) mass is 272 g/mol. The van der Waals surface area contributed by atoms with Crippen molar-refractivity contribution in [1.82, 2.24) is 0 Å². The van der Waals surface area contributed by atoms with Gasteiger partial charge in [0.2, 0.25) is 6.79 Å². The van der Waals surface area contributed by atoms with Crippen LogP contribution in [-0.4, -0.2) is 25.0 Å². The highest BCUT2D eigenvalue weighted by atomic mass is 16.8. The van der Waals surface area contributed by atoms with Gasteiger partial charge in [-0.05, 0) is 46.0 Å². The van der Waals surface area contributed by atoms with E-state index in [0.717, 1.165) is 25.7 Å². The molecule has 0 aromatic rings. The first kappa shape index (κ1) is 15.8. The fourth-order valence-corrected chi connectivity index (χ4v) is 1.82. The van der Waals surface area contributed by atoms with Crippen LogP contribution in [0.25, 0.3) is 0 Å². The normalized spacial score (nSPS) is 16.8. The Kier molecular flexibility index (Phi) is 6.12. The standard InChI is InChI=1S/C14H24O5/c1-4-14(2,3)12(15)17-10-18-13(16)19-11-8-6-5-7-9-11/h11H,4-10H2,1-3H3. The number of hydrogen-bond acceptors (Lipinski definition) is 5. The average Bonchev–Trinajstić information content (AvgIpc) is 2.39. The van der Waals surface area contributed by atoms with E-state index < -0.39 is 11.6 Å². The minimum absolute atomic E-state index is 0.0518. The lowest BCUT2D eigenvalue weighted by molar-refractivity contribution is -0.164. The number of ether oxygens (including phenoxy) is 3. The molecule has 0 amide bonds. The van der Waals surface area contributed by atoms with Crippen molar-refractivity contribution in [2.75, 3.05) is 6.79 Å². The molecule has 0 unspecified atom stereocenters. The van der Waals surface area contributed by atoms with Crippen molar-refractivity contribution in [2.45, 2.75) is 65.4 Å². The topological polar surface area (TPSA) is 61.8 Å². The molecule has 5 nitrogen and oxygen atoms in total. The number of carbonyl (C=O) groups excluding carboxylic acids is 2. The van der Waals surface area contributed by atoms with Crippen molar-refractivity contribution in [3.05, 3.63) is 0 Å². The lowest BCUT2D eigenvalue weighted by Crippen LogP contribution is -2.28. The summed E-state index contributed by atoms with van der Waals surface area (Å²) in [6.45, 7) is 5.10. The summed E-state index contributed by atoms with van der Waals surface area (Å²) >= 11 is 0.